The molecule has 0 aromatic heterocycles. The predicted molar refractivity (Wildman–Crippen MR) is 67.2 cm³/mol. The Bertz CT molecular complexity index is 261. The van der Waals surface area contributed by atoms with Crippen LogP contribution in [0.4, 0.5) is 0 Å². The van der Waals surface area contributed by atoms with Crippen LogP contribution < -0.4 is 0 Å². The molecule has 1 aliphatic carbocycles. The van der Waals surface area contributed by atoms with Gasteiger partial charge in [0.2, 0.25) is 0 Å². The van der Waals surface area contributed by atoms with Crippen LogP contribution in [0.15, 0.2) is 12.7 Å². The molecule has 92 valence electrons. The molecule has 0 radical (unpaired) electrons. The molecule has 0 unspecified atom stereocenters. The average molecular weight is 223 g/mol. The van der Waals surface area contributed by atoms with Crippen molar-refractivity contribution in [2.75, 3.05) is 13.3 Å². The summed E-state index contributed by atoms with van der Waals surface area (Å²) in [5.41, 5.74) is 0.261. The highest BCUT2D eigenvalue weighted by Gasteiger charge is 2.46. The molecular formula is C14H25NO. The van der Waals surface area contributed by atoms with Gasteiger partial charge in [0.1, 0.15) is 6.73 Å². The van der Waals surface area contributed by atoms with Crippen LogP contribution in [0.2, 0.25) is 0 Å². The maximum atomic E-state index is 6.03. The van der Waals surface area contributed by atoms with Crippen molar-refractivity contribution in [2.45, 2.75) is 51.7 Å². The minimum absolute atomic E-state index is 0.261. The summed E-state index contributed by atoms with van der Waals surface area (Å²) in [4.78, 5) is 2.41. The monoisotopic (exact) mass is 223 g/mol. The maximum absolute atomic E-state index is 6.03. The first-order chi connectivity index (χ1) is 7.55. The molecule has 2 fully saturated rings. The summed E-state index contributed by atoms with van der Waals surface area (Å²) in [7, 11) is 0. The first-order valence-corrected chi connectivity index (χ1v) is 6.53. The lowest BCUT2D eigenvalue weighted by Crippen LogP contribution is -2.60. The standard InChI is InChI=1S/C14H25NO/c1-5-8-15-10-16-13-9-11(2)6-7-12(13)14(15,3)4/h5,11-13H,1,6-10H2,2-4H3/t11-,12-,13-/m1/s1. The first-order valence-electron chi connectivity index (χ1n) is 6.53. The van der Waals surface area contributed by atoms with E-state index in [2.05, 4.69) is 32.3 Å². The van der Waals surface area contributed by atoms with Gasteiger partial charge in [-0.2, -0.15) is 0 Å². The van der Waals surface area contributed by atoms with Gasteiger partial charge >= 0.3 is 0 Å². The summed E-state index contributed by atoms with van der Waals surface area (Å²) >= 11 is 0. The molecule has 1 saturated heterocycles. The molecule has 0 aromatic rings. The van der Waals surface area contributed by atoms with Crippen molar-refractivity contribution in [2.24, 2.45) is 11.8 Å². The molecule has 2 heteroatoms. The van der Waals surface area contributed by atoms with Crippen molar-refractivity contribution >= 4 is 0 Å². The molecule has 0 N–H and O–H groups in total. The van der Waals surface area contributed by atoms with E-state index in [1.807, 2.05) is 6.08 Å². The Balaban J connectivity index is 2.11. The minimum Gasteiger partial charge on any atom is -0.362 e. The van der Waals surface area contributed by atoms with Gasteiger partial charge in [0.25, 0.3) is 0 Å². The molecule has 16 heavy (non-hydrogen) atoms. The highest BCUT2D eigenvalue weighted by molar-refractivity contribution is 4.99. The normalized spacial score (nSPS) is 39.1. The maximum Gasteiger partial charge on any atom is 0.100 e. The number of nitrogens with zero attached hydrogens (tertiary/aromatic N) is 1. The van der Waals surface area contributed by atoms with Crippen molar-refractivity contribution < 1.29 is 4.74 Å². The lowest BCUT2D eigenvalue weighted by molar-refractivity contribution is -0.179. The fraction of sp³-hybridized carbons (Fsp3) is 0.857. The largest absolute Gasteiger partial charge is 0.362 e. The van der Waals surface area contributed by atoms with Crippen LogP contribution in [0, 0.1) is 11.8 Å². The van der Waals surface area contributed by atoms with Gasteiger partial charge in [-0.3, -0.25) is 4.90 Å². The molecule has 0 amide bonds. The molecular weight excluding hydrogens is 198 g/mol. The lowest BCUT2D eigenvalue weighted by atomic mass is 9.70. The zero-order valence-corrected chi connectivity index (χ0v) is 10.9. The van der Waals surface area contributed by atoms with Gasteiger partial charge in [0, 0.05) is 18.0 Å². The molecule has 3 atom stereocenters. The van der Waals surface area contributed by atoms with Gasteiger partial charge in [-0.15, -0.1) is 6.58 Å². The van der Waals surface area contributed by atoms with Crippen molar-refractivity contribution in [1.82, 2.24) is 4.90 Å². The van der Waals surface area contributed by atoms with E-state index in [9.17, 15) is 0 Å². The summed E-state index contributed by atoms with van der Waals surface area (Å²) in [6.45, 7) is 12.6. The second kappa shape index (κ2) is 4.50. The Kier molecular flexibility index (Phi) is 3.41. The van der Waals surface area contributed by atoms with Crippen LogP contribution in [-0.4, -0.2) is 29.8 Å². The van der Waals surface area contributed by atoms with Crippen molar-refractivity contribution in [3.63, 3.8) is 0 Å². The fourth-order valence-electron chi connectivity index (χ4n) is 3.35. The van der Waals surface area contributed by atoms with Gasteiger partial charge in [0.05, 0.1) is 6.10 Å². The van der Waals surface area contributed by atoms with Gasteiger partial charge in [-0.1, -0.05) is 19.4 Å². The summed E-state index contributed by atoms with van der Waals surface area (Å²) in [5.74, 6) is 1.53. The third-order valence-corrected chi connectivity index (χ3v) is 4.57. The van der Waals surface area contributed by atoms with E-state index in [1.165, 1.54) is 19.3 Å². The predicted octanol–water partition coefficient (Wildman–Crippen LogP) is 3.05. The van der Waals surface area contributed by atoms with Gasteiger partial charge < -0.3 is 4.74 Å². The van der Waals surface area contributed by atoms with Gasteiger partial charge in [0.15, 0.2) is 0 Å². The Labute approximate surface area is 99.7 Å². The molecule has 2 nitrogen and oxygen atoms in total. The SMILES string of the molecule is C=CCN1CO[C@@H]2C[C@H](C)CC[C@H]2C1(C)C. The van der Waals surface area contributed by atoms with Crippen LogP contribution in [0.3, 0.4) is 0 Å². The number of hydrogen-bond acceptors (Lipinski definition) is 2. The highest BCUT2D eigenvalue weighted by Crippen LogP contribution is 2.42. The fourth-order valence-corrected chi connectivity index (χ4v) is 3.35. The van der Waals surface area contributed by atoms with Gasteiger partial charge in [-0.05, 0) is 32.6 Å². The number of fused-ring (bicyclic) bond motifs is 1. The summed E-state index contributed by atoms with van der Waals surface area (Å²) in [6.07, 6.45) is 6.38. The first kappa shape index (κ1) is 12.1. The molecule has 1 heterocycles. The van der Waals surface area contributed by atoms with E-state index in [-0.39, 0.29) is 5.54 Å². The number of hydrogen-bond donors (Lipinski definition) is 0. The molecule has 0 bridgehead atoms. The van der Waals surface area contributed by atoms with Gasteiger partial charge in [-0.25, -0.2) is 0 Å². The smallest absolute Gasteiger partial charge is 0.100 e. The number of ether oxygens (including phenoxy) is 1. The van der Waals surface area contributed by atoms with Crippen molar-refractivity contribution in [3.05, 3.63) is 12.7 Å². The van der Waals surface area contributed by atoms with Crippen molar-refractivity contribution in [3.8, 4) is 0 Å². The molecule has 0 aromatic carbocycles. The highest BCUT2D eigenvalue weighted by atomic mass is 16.5. The van der Waals surface area contributed by atoms with Crippen LogP contribution >= 0.6 is 0 Å². The summed E-state index contributed by atoms with van der Waals surface area (Å²) in [6, 6.07) is 0. The Morgan fingerprint density at radius 2 is 2.19 bits per heavy atom. The van der Waals surface area contributed by atoms with E-state index in [0.717, 1.165) is 19.2 Å². The second-order valence-electron chi connectivity index (χ2n) is 6.02. The lowest BCUT2D eigenvalue weighted by Gasteiger charge is -2.53. The molecule has 2 aliphatic rings. The van der Waals surface area contributed by atoms with E-state index < -0.39 is 0 Å². The average Bonchev–Trinajstić information content (AvgIpc) is 2.22. The van der Waals surface area contributed by atoms with Crippen LogP contribution in [0.5, 0.6) is 0 Å². The Hall–Kier alpha value is -0.340. The summed E-state index contributed by atoms with van der Waals surface area (Å²) < 4.78 is 6.03. The zero-order chi connectivity index (χ0) is 11.8. The minimum atomic E-state index is 0.261. The molecule has 0 spiro atoms. The zero-order valence-electron chi connectivity index (χ0n) is 10.9. The Morgan fingerprint density at radius 3 is 2.88 bits per heavy atom. The van der Waals surface area contributed by atoms with E-state index in [1.54, 1.807) is 0 Å². The molecule has 1 saturated carbocycles. The van der Waals surface area contributed by atoms with E-state index >= 15 is 0 Å². The van der Waals surface area contributed by atoms with Crippen LogP contribution in [-0.2, 0) is 4.74 Å². The number of rotatable bonds is 2. The molecule has 1 aliphatic heterocycles. The van der Waals surface area contributed by atoms with E-state index in [0.29, 0.717) is 12.0 Å². The van der Waals surface area contributed by atoms with Crippen molar-refractivity contribution in [1.29, 1.82) is 0 Å². The summed E-state index contributed by atoms with van der Waals surface area (Å²) in [5, 5.41) is 0. The second-order valence-corrected chi connectivity index (χ2v) is 6.02. The molecule has 2 rings (SSSR count). The third kappa shape index (κ3) is 2.05. The van der Waals surface area contributed by atoms with Crippen LogP contribution in [0.1, 0.15) is 40.0 Å². The van der Waals surface area contributed by atoms with Crippen LogP contribution in [0.25, 0.3) is 0 Å². The third-order valence-electron chi connectivity index (χ3n) is 4.57. The topological polar surface area (TPSA) is 12.5 Å². The van der Waals surface area contributed by atoms with E-state index in [4.69, 9.17) is 4.74 Å². The Morgan fingerprint density at radius 1 is 1.44 bits per heavy atom. The quantitative estimate of drug-likeness (QED) is 0.667.